The van der Waals surface area contributed by atoms with Crippen molar-refractivity contribution in [2.24, 2.45) is 51.2 Å². The summed E-state index contributed by atoms with van der Waals surface area (Å²) in [4.78, 5) is 51.4. The Balaban J connectivity index is 1.85. The molecule has 0 heterocycles. The Morgan fingerprint density at radius 2 is 1.60 bits per heavy atom. The van der Waals surface area contributed by atoms with Crippen LogP contribution in [0.3, 0.4) is 0 Å². The van der Waals surface area contributed by atoms with Crippen LogP contribution < -0.4 is 0 Å². The molecule has 0 bridgehead atoms. The molecule has 0 aromatic heterocycles. The summed E-state index contributed by atoms with van der Waals surface area (Å²) in [5, 5.41) is 9.80. The maximum Gasteiger partial charge on any atom is 0.308 e. The summed E-state index contributed by atoms with van der Waals surface area (Å²) >= 11 is 0. The molecular weight excluding hydrogens is 508 g/mol. The SMILES string of the molecule is CC[C@@]1(C)CCC[C@@]2(C)C1CC[C@]1(C)C2C[C@H](OC(C)=O)[C@@]2(C)C1C[C@H](OC(=O)CC(C)O)[C@@H](C(C)=O)[C@@H]2C=O. The molecule has 7 nitrogen and oxygen atoms in total. The average Bonchev–Trinajstić information content (AvgIpc) is 2.84. The first-order chi connectivity index (χ1) is 18.6. The second-order valence-electron chi connectivity index (χ2n) is 14.9. The van der Waals surface area contributed by atoms with Crippen LogP contribution in [0.25, 0.3) is 0 Å². The van der Waals surface area contributed by atoms with E-state index in [1.54, 1.807) is 0 Å². The molecule has 4 unspecified atom stereocenters. The number of fused-ring (bicyclic) bond motifs is 5. The van der Waals surface area contributed by atoms with E-state index in [9.17, 15) is 24.3 Å². The number of rotatable bonds is 7. The monoisotopic (exact) mass is 560 g/mol. The van der Waals surface area contributed by atoms with Crippen LogP contribution in [0.4, 0.5) is 0 Å². The van der Waals surface area contributed by atoms with E-state index in [2.05, 4.69) is 27.7 Å². The lowest BCUT2D eigenvalue weighted by Gasteiger charge is -2.71. The van der Waals surface area contributed by atoms with Crippen molar-refractivity contribution in [3.63, 3.8) is 0 Å². The van der Waals surface area contributed by atoms with Gasteiger partial charge in [0.2, 0.25) is 0 Å². The summed E-state index contributed by atoms with van der Waals surface area (Å²) in [5.41, 5.74) is -0.625. The standard InChI is InChI=1S/C33H52O7/c1-9-30(5)12-10-13-31(6)24(30)11-14-32(7)25(31)17-27(39-21(4)37)33(8)22(18-34)29(20(3)36)23(16-26(32)33)40-28(38)15-19(2)35/h18-19,22-27,29,35H,9-17H2,1-8H3/t19?,22-,23-,24?,25?,26?,27-,29-,30-,31-,32+,33+/m0/s1. The van der Waals surface area contributed by atoms with Gasteiger partial charge in [-0.15, -0.1) is 0 Å². The molecule has 12 atom stereocenters. The normalized spacial score (nSPS) is 47.1. The Morgan fingerprint density at radius 3 is 2.15 bits per heavy atom. The van der Waals surface area contributed by atoms with Crippen molar-refractivity contribution in [1.29, 1.82) is 0 Å². The van der Waals surface area contributed by atoms with Crippen LogP contribution in [-0.4, -0.2) is 47.4 Å². The fourth-order valence-electron chi connectivity index (χ4n) is 10.9. The minimum Gasteiger partial charge on any atom is -0.462 e. The van der Waals surface area contributed by atoms with Crippen molar-refractivity contribution in [3.8, 4) is 0 Å². The summed E-state index contributed by atoms with van der Waals surface area (Å²) in [6.07, 6.45) is 6.44. The van der Waals surface area contributed by atoms with E-state index in [4.69, 9.17) is 9.47 Å². The first-order valence-electron chi connectivity index (χ1n) is 15.6. The van der Waals surface area contributed by atoms with Gasteiger partial charge in [-0.2, -0.15) is 0 Å². The lowest BCUT2D eigenvalue weighted by atomic mass is 9.33. The highest BCUT2D eigenvalue weighted by atomic mass is 16.5. The summed E-state index contributed by atoms with van der Waals surface area (Å²) in [6, 6.07) is 0. The van der Waals surface area contributed by atoms with E-state index in [-0.39, 0.29) is 46.3 Å². The van der Waals surface area contributed by atoms with E-state index in [0.717, 1.165) is 32.0 Å². The Morgan fingerprint density at radius 1 is 0.950 bits per heavy atom. The third-order valence-corrected chi connectivity index (χ3v) is 12.8. The Kier molecular flexibility index (Phi) is 8.43. The predicted octanol–water partition coefficient (Wildman–Crippen LogP) is 5.69. The first kappa shape index (κ1) is 31.2. The van der Waals surface area contributed by atoms with Crippen molar-refractivity contribution in [2.45, 2.75) is 131 Å². The molecular formula is C33H52O7. The highest BCUT2D eigenvalue weighted by Gasteiger charge is 2.71. The molecule has 4 rings (SSSR count). The summed E-state index contributed by atoms with van der Waals surface area (Å²) in [7, 11) is 0. The van der Waals surface area contributed by atoms with E-state index < -0.39 is 41.5 Å². The number of Topliss-reactive ketones (excluding diaryl/α,β-unsaturated/α-hetero) is 1. The van der Waals surface area contributed by atoms with Crippen molar-refractivity contribution in [1.82, 2.24) is 0 Å². The van der Waals surface area contributed by atoms with Crippen LogP contribution in [0.1, 0.15) is 113 Å². The molecule has 4 aliphatic rings. The van der Waals surface area contributed by atoms with Gasteiger partial charge in [-0.05, 0) is 86.4 Å². The molecule has 0 saturated heterocycles. The zero-order valence-corrected chi connectivity index (χ0v) is 26.0. The molecule has 0 spiro atoms. The minimum atomic E-state index is -0.863. The molecule has 226 valence electrons. The van der Waals surface area contributed by atoms with Crippen LogP contribution in [0.5, 0.6) is 0 Å². The third kappa shape index (κ3) is 4.76. The molecule has 4 fully saturated rings. The van der Waals surface area contributed by atoms with Crippen LogP contribution in [0.15, 0.2) is 0 Å². The van der Waals surface area contributed by atoms with Crippen LogP contribution >= 0.6 is 0 Å². The maximum absolute atomic E-state index is 13.1. The van der Waals surface area contributed by atoms with Gasteiger partial charge in [-0.3, -0.25) is 14.4 Å². The fourth-order valence-corrected chi connectivity index (χ4v) is 10.9. The third-order valence-electron chi connectivity index (χ3n) is 12.8. The van der Waals surface area contributed by atoms with Gasteiger partial charge >= 0.3 is 11.9 Å². The molecule has 0 amide bonds. The predicted molar refractivity (Wildman–Crippen MR) is 151 cm³/mol. The van der Waals surface area contributed by atoms with Gasteiger partial charge in [0.1, 0.15) is 24.3 Å². The number of hydrogen-bond donors (Lipinski definition) is 1. The minimum absolute atomic E-state index is 0.0579. The Labute approximate surface area is 240 Å². The zero-order chi connectivity index (χ0) is 29.8. The van der Waals surface area contributed by atoms with Gasteiger partial charge in [0.25, 0.3) is 0 Å². The highest BCUT2D eigenvalue weighted by Crippen LogP contribution is 2.74. The van der Waals surface area contributed by atoms with Gasteiger partial charge < -0.3 is 19.4 Å². The smallest absolute Gasteiger partial charge is 0.308 e. The molecule has 0 aromatic carbocycles. The molecule has 0 aliphatic heterocycles. The molecule has 4 aliphatic carbocycles. The van der Waals surface area contributed by atoms with Gasteiger partial charge in [-0.25, -0.2) is 0 Å². The first-order valence-corrected chi connectivity index (χ1v) is 15.6. The largest absolute Gasteiger partial charge is 0.462 e. The van der Waals surface area contributed by atoms with Crippen molar-refractivity contribution >= 4 is 24.0 Å². The van der Waals surface area contributed by atoms with E-state index in [1.165, 1.54) is 33.6 Å². The van der Waals surface area contributed by atoms with E-state index >= 15 is 0 Å². The number of esters is 2. The van der Waals surface area contributed by atoms with Crippen LogP contribution in [-0.2, 0) is 28.7 Å². The van der Waals surface area contributed by atoms with Gasteiger partial charge in [0.05, 0.1) is 18.4 Å². The summed E-state index contributed by atoms with van der Waals surface area (Å²) in [5.74, 6) is -1.98. The van der Waals surface area contributed by atoms with Gasteiger partial charge in [0.15, 0.2) is 0 Å². The molecule has 40 heavy (non-hydrogen) atoms. The van der Waals surface area contributed by atoms with E-state index in [0.29, 0.717) is 18.8 Å². The van der Waals surface area contributed by atoms with Crippen molar-refractivity contribution in [3.05, 3.63) is 0 Å². The number of aliphatic hydroxyl groups is 1. The number of ketones is 1. The number of carbonyl (C=O) groups is 4. The van der Waals surface area contributed by atoms with Gasteiger partial charge in [0, 0.05) is 18.3 Å². The van der Waals surface area contributed by atoms with Crippen LogP contribution in [0.2, 0.25) is 0 Å². The lowest BCUT2D eigenvalue weighted by Crippen LogP contribution is -2.70. The van der Waals surface area contributed by atoms with E-state index in [1.807, 2.05) is 6.92 Å². The maximum atomic E-state index is 13.1. The Hall–Kier alpha value is -1.76. The van der Waals surface area contributed by atoms with Crippen molar-refractivity contribution in [2.75, 3.05) is 0 Å². The van der Waals surface area contributed by atoms with Crippen molar-refractivity contribution < 1.29 is 33.8 Å². The van der Waals surface area contributed by atoms with Crippen LogP contribution in [0, 0.1) is 51.2 Å². The highest BCUT2D eigenvalue weighted by molar-refractivity contribution is 5.83. The topological polar surface area (TPSA) is 107 Å². The number of aldehydes is 1. The molecule has 4 saturated carbocycles. The molecule has 7 heteroatoms. The number of carbonyl (C=O) groups excluding carboxylic acids is 4. The number of hydrogen-bond acceptors (Lipinski definition) is 7. The second kappa shape index (κ2) is 10.8. The summed E-state index contributed by atoms with van der Waals surface area (Å²) < 4.78 is 12.1. The number of aliphatic hydroxyl groups excluding tert-OH is 1. The molecule has 0 aromatic rings. The summed E-state index contributed by atoms with van der Waals surface area (Å²) in [6.45, 7) is 16.0. The zero-order valence-electron chi connectivity index (χ0n) is 26.0. The number of ether oxygens (including phenoxy) is 2. The molecule has 0 radical (unpaired) electrons. The average molecular weight is 561 g/mol. The molecule has 1 N–H and O–H groups in total. The quantitative estimate of drug-likeness (QED) is 0.315. The second-order valence-corrected chi connectivity index (χ2v) is 14.9. The Bertz CT molecular complexity index is 1020. The van der Waals surface area contributed by atoms with Gasteiger partial charge in [-0.1, -0.05) is 47.5 Å². The lowest BCUT2D eigenvalue weighted by molar-refractivity contribution is -0.264. The fraction of sp³-hybridized carbons (Fsp3) is 0.879.